The maximum Gasteiger partial charge on any atom is 0.250 e. The lowest BCUT2D eigenvalue weighted by molar-refractivity contribution is 0.170. The highest BCUT2D eigenvalue weighted by molar-refractivity contribution is 5.55. The molecule has 2 N–H and O–H groups in total. The Morgan fingerprint density at radius 2 is 2.00 bits per heavy atom. The third-order valence-corrected chi connectivity index (χ3v) is 6.74. The molecule has 5 nitrogen and oxygen atoms in total. The van der Waals surface area contributed by atoms with E-state index in [-0.39, 0.29) is 5.56 Å². The van der Waals surface area contributed by atoms with Crippen LogP contribution in [0.5, 0.6) is 0 Å². The fourth-order valence-corrected chi connectivity index (χ4v) is 5.09. The van der Waals surface area contributed by atoms with Crippen LogP contribution in [0.1, 0.15) is 61.8 Å². The van der Waals surface area contributed by atoms with Crippen LogP contribution in [0, 0.1) is 25.2 Å². The van der Waals surface area contributed by atoms with Crippen molar-refractivity contribution < 1.29 is 0 Å². The van der Waals surface area contributed by atoms with Crippen LogP contribution in [0.15, 0.2) is 35.1 Å². The number of fused-ring (bicyclic) bond motifs is 1. The van der Waals surface area contributed by atoms with Gasteiger partial charge in [0.1, 0.15) is 0 Å². The number of pyridine rings is 1. The van der Waals surface area contributed by atoms with E-state index in [2.05, 4.69) is 46.3 Å². The third kappa shape index (κ3) is 6.40. The van der Waals surface area contributed by atoms with Gasteiger partial charge in [0.05, 0.1) is 0 Å². The van der Waals surface area contributed by atoms with Crippen LogP contribution in [0.2, 0.25) is 0 Å². The van der Waals surface area contributed by atoms with Crippen molar-refractivity contribution in [3.05, 3.63) is 68.9 Å². The third-order valence-electron chi connectivity index (χ3n) is 6.74. The standard InChI is InChI=1S/C27H34N4O.C2H6/c1-4-6-8-22-9-10-27(32)31-19-21(16-26(22)31)18-30-13-11-23(12-14-30)28-17-24-15-20(3)25(29-24)7-5-2;1-2/h1,5-10,15,21,23,28-29H,11-14,16-19H2,2-3H3;1-2H3/b7-5-,8-6-;. The van der Waals surface area contributed by atoms with Crippen LogP contribution in [-0.4, -0.2) is 40.1 Å². The van der Waals surface area contributed by atoms with Crippen LogP contribution in [0.25, 0.3) is 12.2 Å². The van der Waals surface area contributed by atoms with Crippen molar-refractivity contribution in [1.82, 2.24) is 19.8 Å². The second-order valence-corrected chi connectivity index (χ2v) is 9.10. The summed E-state index contributed by atoms with van der Waals surface area (Å²) in [4.78, 5) is 18.4. The van der Waals surface area contributed by atoms with Crippen LogP contribution in [0.3, 0.4) is 0 Å². The molecule has 0 saturated carbocycles. The van der Waals surface area contributed by atoms with Gasteiger partial charge in [0.2, 0.25) is 0 Å². The Morgan fingerprint density at radius 3 is 2.71 bits per heavy atom. The first kappa shape index (κ1) is 25.8. The number of allylic oxidation sites excluding steroid dienone is 2. The SMILES string of the molecule is C#C/C=C\c1ccc(=O)n2c1CC(CN1CCC(NCc3cc(C)c(/C=C\C)[nH]3)CC1)C2.CC. The number of aromatic amines is 1. The Balaban J connectivity index is 0.00000158. The van der Waals surface area contributed by atoms with Gasteiger partial charge >= 0.3 is 0 Å². The molecule has 0 bridgehead atoms. The number of rotatable bonds is 7. The summed E-state index contributed by atoms with van der Waals surface area (Å²) >= 11 is 0. The fraction of sp³-hybridized carbons (Fsp3) is 0.483. The second-order valence-electron chi connectivity index (χ2n) is 9.10. The lowest BCUT2D eigenvalue weighted by Gasteiger charge is -2.33. The Hall–Kier alpha value is -2.81. The number of hydrogen-bond acceptors (Lipinski definition) is 3. The first-order chi connectivity index (χ1) is 16.6. The number of aromatic nitrogens is 2. The number of likely N-dealkylation sites (tertiary alicyclic amines) is 1. The molecule has 0 aliphatic carbocycles. The summed E-state index contributed by atoms with van der Waals surface area (Å²) in [5.74, 6) is 3.03. The average molecular weight is 461 g/mol. The molecular formula is C29H40N4O. The zero-order chi connectivity index (χ0) is 24.5. The highest BCUT2D eigenvalue weighted by Crippen LogP contribution is 2.25. The van der Waals surface area contributed by atoms with E-state index in [1.807, 2.05) is 37.5 Å². The number of terminal acetylenes is 1. The topological polar surface area (TPSA) is 53.1 Å². The largest absolute Gasteiger partial charge is 0.358 e. The molecule has 5 heteroatoms. The fourth-order valence-electron chi connectivity index (χ4n) is 5.09. The van der Waals surface area contributed by atoms with Gasteiger partial charge in [-0.05, 0) is 93.6 Å². The molecule has 2 aromatic heterocycles. The van der Waals surface area contributed by atoms with Crippen molar-refractivity contribution in [2.24, 2.45) is 5.92 Å². The van der Waals surface area contributed by atoms with Gasteiger partial charge in [-0.15, -0.1) is 6.42 Å². The quantitative estimate of drug-likeness (QED) is 0.593. The molecule has 1 atom stereocenters. The summed E-state index contributed by atoms with van der Waals surface area (Å²) in [6.45, 7) is 13.2. The lowest BCUT2D eigenvalue weighted by atomic mass is 10.00. The van der Waals surface area contributed by atoms with Gasteiger partial charge < -0.3 is 19.8 Å². The van der Waals surface area contributed by atoms with E-state index >= 15 is 0 Å². The van der Waals surface area contributed by atoms with Crippen LogP contribution in [-0.2, 0) is 19.5 Å². The molecule has 0 aromatic carbocycles. The van der Waals surface area contributed by atoms with Gasteiger partial charge in [0.25, 0.3) is 5.56 Å². The van der Waals surface area contributed by atoms with Gasteiger partial charge in [-0.2, -0.15) is 0 Å². The van der Waals surface area contributed by atoms with Crippen molar-refractivity contribution >= 4 is 12.2 Å². The summed E-state index contributed by atoms with van der Waals surface area (Å²) in [7, 11) is 0. The smallest absolute Gasteiger partial charge is 0.250 e. The van der Waals surface area contributed by atoms with E-state index in [4.69, 9.17) is 6.42 Å². The molecule has 1 fully saturated rings. The molecule has 2 aliphatic heterocycles. The normalized spacial score (nSPS) is 18.7. The Kier molecular flexibility index (Phi) is 9.56. The maximum absolute atomic E-state index is 12.3. The molecule has 2 aliphatic rings. The van der Waals surface area contributed by atoms with Crippen molar-refractivity contribution in [3.63, 3.8) is 0 Å². The van der Waals surface area contributed by atoms with E-state index in [0.29, 0.717) is 12.0 Å². The molecular weight excluding hydrogens is 420 g/mol. The van der Waals surface area contributed by atoms with E-state index in [9.17, 15) is 4.79 Å². The Morgan fingerprint density at radius 1 is 1.24 bits per heavy atom. The van der Waals surface area contributed by atoms with Crippen molar-refractivity contribution in [2.45, 2.75) is 66.1 Å². The summed E-state index contributed by atoms with van der Waals surface area (Å²) in [5, 5.41) is 3.73. The zero-order valence-corrected chi connectivity index (χ0v) is 21.2. The van der Waals surface area contributed by atoms with Crippen molar-refractivity contribution in [2.75, 3.05) is 19.6 Å². The molecule has 4 heterocycles. The minimum absolute atomic E-state index is 0.0976. The maximum atomic E-state index is 12.3. The molecule has 2 aromatic rings. The van der Waals surface area contributed by atoms with Gasteiger partial charge in [-0.1, -0.05) is 25.8 Å². The van der Waals surface area contributed by atoms with Gasteiger partial charge in [0, 0.05) is 48.8 Å². The minimum Gasteiger partial charge on any atom is -0.358 e. The van der Waals surface area contributed by atoms with E-state index in [1.54, 1.807) is 12.1 Å². The van der Waals surface area contributed by atoms with Crippen LogP contribution >= 0.6 is 0 Å². The van der Waals surface area contributed by atoms with Gasteiger partial charge in [0.15, 0.2) is 0 Å². The first-order valence-electron chi connectivity index (χ1n) is 12.7. The van der Waals surface area contributed by atoms with Crippen molar-refractivity contribution in [1.29, 1.82) is 0 Å². The average Bonchev–Trinajstić information content (AvgIpc) is 3.44. The summed E-state index contributed by atoms with van der Waals surface area (Å²) in [6, 6.07) is 6.36. The molecule has 0 amide bonds. The summed E-state index contributed by atoms with van der Waals surface area (Å²) < 4.78 is 1.94. The van der Waals surface area contributed by atoms with Gasteiger partial charge in [-0.3, -0.25) is 4.79 Å². The second kappa shape index (κ2) is 12.6. The molecule has 4 rings (SSSR count). The Labute approximate surface area is 205 Å². The monoisotopic (exact) mass is 460 g/mol. The predicted molar refractivity (Wildman–Crippen MR) is 144 cm³/mol. The molecule has 1 saturated heterocycles. The molecule has 0 radical (unpaired) electrons. The number of nitrogens with one attached hydrogen (secondary N) is 2. The first-order valence-corrected chi connectivity index (χ1v) is 12.7. The molecule has 182 valence electrons. The number of hydrogen-bond donors (Lipinski definition) is 2. The molecule has 0 spiro atoms. The number of nitrogens with zero attached hydrogens (tertiary/aromatic N) is 2. The van der Waals surface area contributed by atoms with E-state index in [0.717, 1.165) is 63.2 Å². The predicted octanol–water partition coefficient (Wildman–Crippen LogP) is 4.62. The molecule has 1 unspecified atom stereocenters. The molecule has 34 heavy (non-hydrogen) atoms. The summed E-state index contributed by atoms with van der Waals surface area (Å²) in [5.41, 5.74) is 6.05. The highest BCUT2D eigenvalue weighted by atomic mass is 16.1. The van der Waals surface area contributed by atoms with E-state index < -0.39 is 0 Å². The highest BCUT2D eigenvalue weighted by Gasteiger charge is 2.27. The van der Waals surface area contributed by atoms with E-state index in [1.165, 1.54) is 17.0 Å². The Bertz CT molecular complexity index is 1090. The van der Waals surface area contributed by atoms with Crippen LogP contribution in [0.4, 0.5) is 0 Å². The number of piperidine rings is 1. The minimum atomic E-state index is 0.0976. The van der Waals surface area contributed by atoms with Gasteiger partial charge in [-0.25, -0.2) is 0 Å². The van der Waals surface area contributed by atoms with Crippen LogP contribution < -0.4 is 10.9 Å². The lowest BCUT2D eigenvalue weighted by Crippen LogP contribution is -2.44. The number of aryl methyl sites for hydroxylation is 1. The zero-order valence-electron chi connectivity index (χ0n) is 21.2. The number of H-pyrrole nitrogens is 1. The van der Waals surface area contributed by atoms with Crippen molar-refractivity contribution in [3.8, 4) is 12.3 Å². The summed E-state index contributed by atoms with van der Waals surface area (Å²) in [6.07, 6.45) is 16.5.